The number of aliphatic hydroxyl groups is 1. The Kier molecular flexibility index (Phi) is 4.95. The van der Waals surface area contributed by atoms with Crippen molar-refractivity contribution in [3.8, 4) is 5.75 Å². The molecule has 2 heterocycles. The smallest absolute Gasteiger partial charge is 0.311 e. The van der Waals surface area contributed by atoms with Crippen LogP contribution >= 0.6 is 11.3 Å². The number of phenolic OH excluding ortho intramolecular Hbond substituents is 1. The lowest BCUT2D eigenvalue weighted by Crippen LogP contribution is -2.31. The van der Waals surface area contributed by atoms with E-state index in [9.17, 15) is 29.9 Å². The Bertz CT molecular complexity index is 951. The van der Waals surface area contributed by atoms with Crippen LogP contribution in [0.15, 0.2) is 47.0 Å². The summed E-state index contributed by atoms with van der Waals surface area (Å²) in [6, 6.07) is 5.96. The van der Waals surface area contributed by atoms with E-state index < -0.39 is 39.9 Å². The van der Waals surface area contributed by atoms with E-state index in [-0.39, 0.29) is 17.7 Å². The predicted molar refractivity (Wildman–Crippen MR) is 97.8 cm³/mol. The molecule has 1 atom stereocenters. The van der Waals surface area contributed by atoms with Gasteiger partial charge in [-0.1, -0.05) is 19.1 Å². The summed E-state index contributed by atoms with van der Waals surface area (Å²) in [5, 5.41) is 32.9. The van der Waals surface area contributed by atoms with Crippen molar-refractivity contribution in [2.45, 2.75) is 19.4 Å². The average Bonchev–Trinajstić information content (AvgIpc) is 3.25. The molecule has 0 radical (unpaired) electrons. The van der Waals surface area contributed by atoms with Gasteiger partial charge in [-0.25, -0.2) is 0 Å². The van der Waals surface area contributed by atoms with Crippen LogP contribution in [0.5, 0.6) is 5.75 Å². The number of ketones is 1. The van der Waals surface area contributed by atoms with Gasteiger partial charge in [0.25, 0.3) is 5.91 Å². The zero-order valence-corrected chi connectivity index (χ0v) is 15.1. The summed E-state index contributed by atoms with van der Waals surface area (Å²) in [7, 11) is 0. The fourth-order valence-corrected chi connectivity index (χ4v) is 3.78. The van der Waals surface area contributed by atoms with Gasteiger partial charge in [-0.3, -0.25) is 19.7 Å². The van der Waals surface area contributed by atoms with Gasteiger partial charge in [0.05, 0.1) is 21.4 Å². The van der Waals surface area contributed by atoms with Crippen molar-refractivity contribution >= 4 is 28.7 Å². The third kappa shape index (κ3) is 3.17. The molecule has 27 heavy (non-hydrogen) atoms. The van der Waals surface area contributed by atoms with Gasteiger partial charge in [0, 0.05) is 12.6 Å². The number of carbonyl (C=O) groups is 2. The third-order valence-corrected chi connectivity index (χ3v) is 5.14. The molecule has 1 aliphatic rings. The Morgan fingerprint density at radius 2 is 2.07 bits per heavy atom. The van der Waals surface area contributed by atoms with E-state index in [1.54, 1.807) is 17.5 Å². The lowest BCUT2D eigenvalue weighted by Gasteiger charge is -2.26. The van der Waals surface area contributed by atoms with E-state index in [1.807, 2.05) is 6.92 Å². The Morgan fingerprint density at radius 3 is 2.67 bits per heavy atom. The van der Waals surface area contributed by atoms with Crippen LogP contribution in [0.25, 0.3) is 0 Å². The van der Waals surface area contributed by atoms with Gasteiger partial charge in [0.15, 0.2) is 11.5 Å². The summed E-state index contributed by atoms with van der Waals surface area (Å²) < 4.78 is 0. The number of hydrogen-bond donors (Lipinski definition) is 2. The highest BCUT2D eigenvalue weighted by Gasteiger charge is 2.44. The molecule has 0 aliphatic carbocycles. The maximum atomic E-state index is 12.9. The number of nitrogens with zero attached hydrogens (tertiary/aromatic N) is 2. The number of nitro benzene ring substituents is 1. The first-order valence-corrected chi connectivity index (χ1v) is 9.04. The molecular formula is C18H16N2O6S. The minimum Gasteiger partial charge on any atom is -0.503 e. The third-order valence-electron chi connectivity index (χ3n) is 4.27. The summed E-state index contributed by atoms with van der Waals surface area (Å²) in [5.74, 6) is -2.37. The van der Waals surface area contributed by atoms with Crippen LogP contribution in [0, 0.1) is 10.1 Å². The number of carbonyl (C=O) groups excluding carboxylic acids is 2. The van der Waals surface area contributed by atoms with Crippen LogP contribution in [0.3, 0.4) is 0 Å². The van der Waals surface area contributed by atoms with E-state index in [0.717, 1.165) is 12.1 Å². The van der Waals surface area contributed by atoms with Gasteiger partial charge in [0.2, 0.25) is 5.78 Å². The molecule has 9 heteroatoms. The van der Waals surface area contributed by atoms with E-state index in [1.165, 1.54) is 22.3 Å². The van der Waals surface area contributed by atoms with Crippen molar-refractivity contribution in [1.82, 2.24) is 4.90 Å². The van der Waals surface area contributed by atoms with Crippen LogP contribution in [-0.2, 0) is 4.79 Å². The second kappa shape index (κ2) is 7.20. The minimum atomic E-state index is -0.966. The summed E-state index contributed by atoms with van der Waals surface area (Å²) in [4.78, 5) is 37.5. The fourth-order valence-electron chi connectivity index (χ4n) is 3.10. The molecule has 1 unspecified atom stereocenters. The quantitative estimate of drug-likeness (QED) is 0.445. The maximum absolute atomic E-state index is 12.9. The van der Waals surface area contributed by atoms with Gasteiger partial charge in [-0.05, 0) is 29.5 Å². The summed E-state index contributed by atoms with van der Waals surface area (Å²) in [6.45, 7) is 2.09. The number of rotatable bonds is 6. The van der Waals surface area contributed by atoms with Crippen LogP contribution < -0.4 is 0 Å². The molecule has 0 bridgehead atoms. The van der Waals surface area contributed by atoms with E-state index in [0.29, 0.717) is 11.3 Å². The number of benzene rings is 1. The Morgan fingerprint density at radius 1 is 1.33 bits per heavy atom. The molecule has 1 amide bonds. The molecule has 1 aliphatic heterocycles. The molecule has 0 saturated heterocycles. The number of phenols is 1. The normalized spacial score (nSPS) is 16.9. The molecule has 3 rings (SSSR count). The van der Waals surface area contributed by atoms with Crippen molar-refractivity contribution < 1.29 is 24.7 Å². The molecule has 2 aromatic rings. The van der Waals surface area contributed by atoms with Gasteiger partial charge in [0.1, 0.15) is 0 Å². The number of thiophene rings is 1. The zero-order chi connectivity index (χ0) is 19.7. The first-order chi connectivity index (χ1) is 12.9. The Balaban J connectivity index is 2.16. The summed E-state index contributed by atoms with van der Waals surface area (Å²) in [6.07, 6.45) is 0.566. The van der Waals surface area contributed by atoms with E-state index >= 15 is 0 Å². The zero-order valence-electron chi connectivity index (χ0n) is 14.3. The SMILES string of the molecule is CCCN1C(=O)C(O)=C(C(=O)c2cccs2)C1c1ccc(O)c([N+](=O)[O-])c1. The van der Waals surface area contributed by atoms with Gasteiger partial charge in [-0.2, -0.15) is 0 Å². The molecule has 0 fully saturated rings. The van der Waals surface area contributed by atoms with Crippen LogP contribution in [0.2, 0.25) is 0 Å². The topological polar surface area (TPSA) is 121 Å². The predicted octanol–water partition coefficient (Wildman–Crippen LogP) is 3.35. The lowest BCUT2D eigenvalue weighted by atomic mass is 9.95. The highest BCUT2D eigenvalue weighted by molar-refractivity contribution is 7.12. The van der Waals surface area contributed by atoms with Crippen LogP contribution in [0.4, 0.5) is 5.69 Å². The van der Waals surface area contributed by atoms with E-state index in [2.05, 4.69) is 0 Å². The molecule has 1 aromatic carbocycles. The van der Waals surface area contributed by atoms with Crippen molar-refractivity contribution in [1.29, 1.82) is 0 Å². The molecule has 0 saturated carbocycles. The maximum Gasteiger partial charge on any atom is 0.311 e. The van der Waals surface area contributed by atoms with E-state index in [4.69, 9.17) is 0 Å². The number of nitro groups is 1. The molecule has 2 N–H and O–H groups in total. The Labute approximate surface area is 158 Å². The van der Waals surface area contributed by atoms with Gasteiger partial charge < -0.3 is 15.1 Å². The summed E-state index contributed by atoms with van der Waals surface area (Å²) >= 11 is 1.17. The molecule has 8 nitrogen and oxygen atoms in total. The fraction of sp³-hybridized carbons (Fsp3) is 0.222. The second-order valence-electron chi connectivity index (χ2n) is 5.98. The van der Waals surface area contributed by atoms with Crippen molar-refractivity contribution in [3.63, 3.8) is 0 Å². The molecule has 0 spiro atoms. The molecule has 140 valence electrons. The minimum absolute atomic E-state index is 0.115. The number of hydrogen-bond acceptors (Lipinski definition) is 7. The summed E-state index contributed by atoms with van der Waals surface area (Å²) in [5.41, 5.74) is -0.383. The average molecular weight is 388 g/mol. The number of Topliss-reactive ketones (excluding diaryl/α,β-unsaturated/α-hetero) is 1. The highest BCUT2D eigenvalue weighted by Crippen LogP contribution is 2.41. The largest absolute Gasteiger partial charge is 0.503 e. The highest BCUT2D eigenvalue weighted by atomic mass is 32.1. The van der Waals surface area contributed by atoms with Gasteiger partial charge >= 0.3 is 5.69 Å². The number of aliphatic hydroxyl groups excluding tert-OH is 1. The van der Waals surface area contributed by atoms with Gasteiger partial charge in [-0.15, -0.1) is 11.3 Å². The van der Waals surface area contributed by atoms with Crippen LogP contribution in [0.1, 0.15) is 34.6 Å². The van der Waals surface area contributed by atoms with Crippen molar-refractivity contribution in [2.24, 2.45) is 0 Å². The monoisotopic (exact) mass is 388 g/mol. The van der Waals surface area contributed by atoms with Crippen molar-refractivity contribution in [3.05, 3.63) is 67.6 Å². The Hall–Kier alpha value is -3.20. The molecular weight excluding hydrogens is 372 g/mol. The first-order valence-electron chi connectivity index (χ1n) is 8.16. The standard InChI is InChI=1S/C18H16N2O6S/c1-2-7-19-15(10-5-6-12(21)11(9-10)20(25)26)14(17(23)18(19)24)16(22)13-4-3-8-27-13/h3-6,8-9,15,21,23H,2,7H2,1H3. The van der Waals surface area contributed by atoms with Crippen LogP contribution in [-0.4, -0.2) is 38.3 Å². The first kappa shape index (κ1) is 18.6. The number of aromatic hydroxyl groups is 1. The van der Waals surface area contributed by atoms with Crippen molar-refractivity contribution in [2.75, 3.05) is 6.54 Å². The molecule has 1 aromatic heterocycles. The lowest BCUT2D eigenvalue weighted by molar-refractivity contribution is -0.385. The number of amides is 1. The second-order valence-corrected chi connectivity index (χ2v) is 6.92.